The van der Waals surface area contributed by atoms with Crippen LogP contribution in [0.4, 0.5) is 5.69 Å². The molecular weight excluding hydrogens is 450 g/mol. The van der Waals surface area contributed by atoms with E-state index in [1.54, 1.807) is 19.1 Å². The summed E-state index contributed by atoms with van der Waals surface area (Å²) in [6.07, 6.45) is 2.67. The highest BCUT2D eigenvalue weighted by Crippen LogP contribution is 2.20. The molecule has 0 heterocycles. The van der Waals surface area contributed by atoms with E-state index in [2.05, 4.69) is 5.32 Å². The van der Waals surface area contributed by atoms with E-state index in [0.717, 1.165) is 40.1 Å². The second-order valence-electron chi connectivity index (χ2n) is 8.79. The Balaban J connectivity index is 2.36. The normalized spacial score (nSPS) is 13.1. The number of rotatable bonds is 11. The van der Waals surface area contributed by atoms with Gasteiger partial charge in [-0.1, -0.05) is 55.8 Å². The van der Waals surface area contributed by atoms with Gasteiger partial charge in [-0.25, -0.2) is 8.42 Å². The van der Waals surface area contributed by atoms with E-state index in [-0.39, 0.29) is 18.5 Å². The quantitative estimate of drug-likeness (QED) is 0.524. The average molecular weight is 488 g/mol. The molecule has 0 unspecified atom stereocenters. The van der Waals surface area contributed by atoms with E-state index >= 15 is 0 Å². The maximum Gasteiger partial charge on any atom is 0.244 e. The van der Waals surface area contributed by atoms with Crippen molar-refractivity contribution in [2.45, 2.75) is 66.1 Å². The summed E-state index contributed by atoms with van der Waals surface area (Å²) >= 11 is 0. The Labute approximate surface area is 204 Å². The lowest BCUT2D eigenvalue weighted by Gasteiger charge is -2.32. The molecule has 0 fully saturated rings. The van der Waals surface area contributed by atoms with Gasteiger partial charge >= 0.3 is 0 Å². The van der Waals surface area contributed by atoms with Crippen LogP contribution in [-0.4, -0.2) is 50.0 Å². The van der Waals surface area contributed by atoms with E-state index in [1.165, 1.54) is 4.90 Å². The van der Waals surface area contributed by atoms with E-state index < -0.39 is 28.5 Å². The number of nitrogens with one attached hydrogen (secondary N) is 1. The summed E-state index contributed by atoms with van der Waals surface area (Å²) < 4.78 is 26.3. The Morgan fingerprint density at radius 1 is 0.941 bits per heavy atom. The van der Waals surface area contributed by atoms with Gasteiger partial charge in [0.25, 0.3) is 0 Å². The van der Waals surface area contributed by atoms with Gasteiger partial charge < -0.3 is 10.2 Å². The molecule has 7 nitrogen and oxygen atoms in total. The maximum atomic E-state index is 13.5. The van der Waals surface area contributed by atoms with Crippen molar-refractivity contribution in [1.29, 1.82) is 0 Å². The summed E-state index contributed by atoms with van der Waals surface area (Å²) in [6, 6.07) is 14.0. The summed E-state index contributed by atoms with van der Waals surface area (Å²) in [5, 5.41) is 2.92. The van der Waals surface area contributed by atoms with Crippen molar-refractivity contribution in [1.82, 2.24) is 10.2 Å². The first-order valence-electron chi connectivity index (χ1n) is 11.7. The number of sulfonamides is 1. The predicted octanol–water partition coefficient (Wildman–Crippen LogP) is 3.66. The fourth-order valence-electron chi connectivity index (χ4n) is 3.45. The van der Waals surface area contributed by atoms with Crippen LogP contribution in [0, 0.1) is 6.92 Å². The fourth-order valence-corrected chi connectivity index (χ4v) is 4.30. The minimum absolute atomic E-state index is 0.0316. The number of hydrogen-bond donors (Lipinski definition) is 1. The summed E-state index contributed by atoms with van der Waals surface area (Å²) in [6.45, 7) is 9.34. The zero-order valence-electron chi connectivity index (χ0n) is 21.0. The highest BCUT2D eigenvalue weighted by atomic mass is 32.2. The second kappa shape index (κ2) is 12.0. The van der Waals surface area contributed by atoms with Gasteiger partial charge in [-0.2, -0.15) is 0 Å². The number of anilines is 1. The van der Waals surface area contributed by atoms with E-state index in [0.29, 0.717) is 5.69 Å². The van der Waals surface area contributed by atoms with Crippen molar-refractivity contribution in [3.8, 4) is 0 Å². The third kappa shape index (κ3) is 7.58. The van der Waals surface area contributed by atoms with Gasteiger partial charge in [-0.3, -0.25) is 13.9 Å². The highest BCUT2D eigenvalue weighted by Gasteiger charge is 2.30. The van der Waals surface area contributed by atoms with Gasteiger partial charge in [0, 0.05) is 12.6 Å². The topological polar surface area (TPSA) is 86.8 Å². The Morgan fingerprint density at radius 3 is 2.00 bits per heavy atom. The van der Waals surface area contributed by atoms with Gasteiger partial charge in [-0.15, -0.1) is 0 Å². The molecule has 2 aromatic carbocycles. The van der Waals surface area contributed by atoms with Crippen molar-refractivity contribution in [3.05, 3.63) is 65.2 Å². The van der Waals surface area contributed by atoms with Gasteiger partial charge in [0.15, 0.2) is 0 Å². The Hall–Kier alpha value is -2.87. The van der Waals surface area contributed by atoms with Crippen LogP contribution in [0.1, 0.15) is 50.8 Å². The maximum absolute atomic E-state index is 13.5. The molecule has 0 aliphatic carbocycles. The lowest BCUT2D eigenvalue weighted by Crippen LogP contribution is -2.52. The molecule has 0 bridgehead atoms. The smallest absolute Gasteiger partial charge is 0.244 e. The average Bonchev–Trinajstić information content (AvgIpc) is 2.80. The van der Waals surface area contributed by atoms with Crippen LogP contribution in [0.2, 0.25) is 0 Å². The molecule has 0 saturated heterocycles. The van der Waals surface area contributed by atoms with Crippen LogP contribution in [0.15, 0.2) is 48.5 Å². The van der Waals surface area contributed by atoms with Gasteiger partial charge in [-0.05, 0) is 56.9 Å². The third-order valence-corrected chi connectivity index (χ3v) is 7.09. The van der Waals surface area contributed by atoms with E-state index in [4.69, 9.17) is 0 Å². The van der Waals surface area contributed by atoms with Crippen LogP contribution in [0.5, 0.6) is 0 Å². The lowest BCUT2D eigenvalue weighted by atomic mass is 10.1. The highest BCUT2D eigenvalue weighted by molar-refractivity contribution is 7.92. The van der Waals surface area contributed by atoms with Gasteiger partial charge in [0.1, 0.15) is 12.6 Å². The molecule has 0 aliphatic heterocycles. The molecular formula is C26H37N3O4S. The molecule has 2 rings (SSSR count). The molecule has 1 N–H and O–H groups in total. The summed E-state index contributed by atoms with van der Waals surface area (Å²) in [5.41, 5.74) is 3.43. The predicted molar refractivity (Wildman–Crippen MR) is 137 cm³/mol. The first-order chi connectivity index (χ1) is 16.0. The zero-order valence-corrected chi connectivity index (χ0v) is 21.9. The van der Waals surface area contributed by atoms with Gasteiger partial charge in [0.2, 0.25) is 21.8 Å². The van der Waals surface area contributed by atoms with Crippen molar-refractivity contribution in [3.63, 3.8) is 0 Å². The molecule has 2 aromatic rings. The number of aryl methyl sites for hydroxylation is 2. The van der Waals surface area contributed by atoms with Crippen molar-refractivity contribution >= 4 is 27.5 Å². The minimum Gasteiger partial charge on any atom is -0.352 e. The number of benzene rings is 2. The Bertz CT molecular complexity index is 1070. The number of hydrogen-bond acceptors (Lipinski definition) is 4. The molecule has 8 heteroatoms. The Kier molecular flexibility index (Phi) is 9.67. The number of carbonyl (C=O) groups excluding carboxylic acids is 2. The van der Waals surface area contributed by atoms with Crippen LogP contribution in [0.25, 0.3) is 0 Å². The molecule has 0 aliphatic rings. The molecule has 0 spiro atoms. The monoisotopic (exact) mass is 487 g/mol. The third-order valence-electron chi connectivity index (χ3n) is 5.95. The van der Waals surface area contributed by atoms with Gasteiger partial charge in [0.05, 0.1) is 11.9 Å². The molecule has 34 heavy (non-hydrogen) atoms. The molecule has 2 atom stereocenters. The summed E-state index contributed by atoms with van der Waals surface area (Å²) in [5.74, 6) is -0.717. The minimum atomic E-state index is -3.73. The first kappa shape index (κ1) is 27.4. The standard InChI is InChI=1S/C26H37N3O4S/c1-7-20(4)27-26(31)21(5)28(17-23-11-9-19(3)10-12-23)25(30)18-29(34(6,32)33)24-15-13-22(8-2)14-16-24/h9-16,20-21H,7-8,17-18H2,1-6H3,(H,27,31)/t20-,21+/m0/s1. The molecule has 186 valence electrons. The largest absolute Gasteiger partial charge is 0.352 e. The SMILES string of the molecule is CCc1ccc(N(CC(=O)N(Cc2ccc(C)cc2)[C@H](C)C(=O)N[C@@H](C)CC)S(C)(=O)=O)cc1. The lowest BCUT2D eigenvalue weighted by molar-refractivity contribution is -0.139. The number of amides is 2. The van der Waals surface area contributed by atoms with Crippen LogP contribution >= 0.6 is 0 Å². The Morgan fingerprint density at radius 2 is 1.50 bits per heavy atom. The molecule has 0 saturated carbocycles. The van der Waals surface area contributed by atoms with Crippen LogP contribution < -0.4 is 9.62 Å². The van der Waals surface area contributed by atoms with Crippen molar-refractivity contribution in [2.24, 2.45) is 0 Å². The van der Waals surface area contributed by atoms with Crippen molar-refractivity contribution < 1.29 is 18.0 Å². The van der Waals surface area contributed by atoms with Crippen molar-refractivity contribution in [2.75, 3.05) is 17.1 Å². The second-order valence-corrected chi connectivity index (χ2v) is 10.7. The summed E-state index contributed by atoms with van der Waals surface area (Å²) in [7, 11) is -3.73. The summed E-state index contributed by atoms with van der Waals surface area (Å²) in [4.78, 5) is 27.8. The number of nitrogens with zero attached hydrogens (tertiary/aromatic N) is 2. The van der Waals surface area contributed by atoms with E-state index in [9.17, 15) is 18.0 Å². The zero-order chi connectivity index (χ0) is 25.5. The molecule has 0 radical (unpaired) electrons. The van der Waals surface area contributed by atoms with Crippen LogP contribution in [0.3, 0.4) is 0 Å². The first-order valence-corrected chi connectivity index (χ1v) is 13.5. The fraction of sp³-hybridized carbons (Fsp3) is 0.462. The van der Waals surface area contributed by atoms with E-state index in [1.807, 2.05) is 64.1 Å². The molecule has 0 aromatic heterocycles. The number of carbonyl (C=O) groups is 2. The van der Waals surface area contributed by atoms with Crippen LogP contribution in [-0.2, 0) is 32.6 Å². The molecule has 2 amide bonds.